The molecule has 104 valence electrons. The predicted octanol–water partition coefficient (Wildman–Crippen LogP) is 3.59. The van der Waals surface area contributed by atoms with Gasteiger partial charge in [-0.25, -0.2) is 4.79 Å². The first kappa shape index (κ1) is 14.2. The number of nitrogens with one attached hydrogen (secondary N) is 1. The normalized spacial score (nSPS) is 11.7. The van der Waals surface area contributed by atoms with Crippen molar-refractivity contribution in [1.82, 2.24) is 0 Å². The molecule has 20 heavy (non-hydrogen) atoms. The quantitative estimate of drug-likeness (QED) is 0.884. The van der Waals surface area contributed by atoms with E-state index in [1.54, 1.807) is 55.6 Å². The van der Waals surface area contributed by atoms with E-state index in [4.69, 9.17) is 16.3 Å². The second-order valence-electron chi connectivity index (χ2n) is 4.17. The van der Waals surface area contributed by atoms with Crippen LogP contribution in [0.1, 0.15) is 11.6 Å². The van der Waals surface area contributed by atoms with Gasteiger partial charge in [-0.15, -0.1) is 0 Å². The molecule has 0 saturated heterocycles. The minimum Gasteiger partial charge on any atom is -0.497 e. The summed E-state index contributed by atoms with van der Waals surface area (Å²) in [6.07, 6.45) is 0. The van der Waals surface area contributed by atoms with Gasteiger partial charge in [0, 0.05) is 22.3 Å². The maximum atomic E-state index is 11.5. The van der Waals surface area contributed by atoms with Crippen LogP contribution in [0.2, 0.25) is 5.02 Å². The van der Waals surface area contributed by atoms with Gasteiger partial charge in [0.2, 0.25) is 0 Å². The van der Waals surface area contributed by atoms with E-state index < -0.39 is 12.0 Å². The van der Waals surface area contributed by atoms with Crippen molar-refractivity contribution in [1.29, 1.82) is 0 Å². The zero-order valence-corrected chi connectivity index (χ0v) is 11.6. The second-order valence-corrected chi connectivity index (χ2v) is 4.58. The fourth-order valence-electron chi connectivity index (χ4n) is 1.86. The first-order valence-electron chi connectivity index (χ1n) is 5.99. The highest BCUT2D eigenvalue weighted by Crippen LogP contribution is 2.27. The van der Waals surface area contributed by atoms with E-state index in [0.717, 1.165) is 0 Å². The molecule has 0 aliphatic rings. The molecule has 5 heteroatoms. The molecule has 2 aromatic rings. The molecule has 1 atom stereocenters. The number of methoxy groups -OCH3 is 1. The number of aliphatic carboxylic acids is 1. The van der Waals surface area contributed by atoms with Crippen molar-refractivity contribution >= 4 is 23.3 Å². The number of carboxylic acids is 1. The summed E-state index contributed by atoms with van der Waals surface area (Å²) < 4.78 is 5.11. The van der Waals surface area contributed by atoms with Gasteiger partial charge in [-0.05, 0) is 18.2 Å². The lowest BCUT2D eigenvalue weighted by molar-refractivity contribution is -0.138. The number of halogens is 1. The van der Waals surface area contributed by atoms with Crippen LogP contribution in [0.25, 0.3) is 0 Å². The van der Waals surface area contributed by atoms with Gasteiger partial charge in [-0.2, -0.15) is 0 Å². The average Bonchev–Trinajstić information content (AvgIpc) is 2.45. The highest BCUT2D eigenvalue weighted by Gasteiger charge is 2.21. The van der Waals surface area contributed by atoms with Crippen molar-refractivity contribution in [3.05, 3.63) is 59.1 Å². The summed E-state index contributed by atoms with van der Waals surface area (Å²) in [5, 5.41) is 12.7. The number of benzene rings is 2. The lowest BCUT2D eigenvalue weighted by Crippen LogP contribution is -2.20. The van der Waals surface area contributed by atoms with Crippen LogP contribution in [0.15, 0.2) is 48.5 Å². The highest BCUT2D eigenvalue weighted by molar-refractivity contribution is 6.31. The number of rotatable bonds is 5. The van der Waals surface area contributed by atoms with Gasteiger partial charge in [-0.1, -0.05) is 35.9 Å². The zero-order valence-electron chi connectivity index (χ0n) is 10.8. The van der Waals surface area contributed by atoms with Crippen LogP contribution < -0.4 is 10.1 Å². The number of hydrogen-bond acceptors (Lipinski definition) is 3. The molecule has 0 aliphatic carbocycles. The highest BCUT2D eigenvalue weighted by atomic mass is 35.5. The van der Waals surface area contributed by atoms with E-state index in [9.17, 15) is 9.90 Å². The fraction of sp³-hybridized carbons (Fsp3) is 0.133. The molecule has 4 nitrogen and oxygen atoms in total. The lowest BCUT2D eigenvalue weighted by atomic mass is 10.1. The molecule has 1 unspecified atom stereocenters. The Morgan fingerprint density at radius 1 is 1.25 bits per heavy atom. The molecule has 0 aliphatic heterocycles. The number of hydrogen-bond donors (Lipinski definition) is 2. The Morgan fingerprint density at radius 3 is 2.65 bits per heavy atom. The summed E-state index contributed by atoms with van der Waals surface area (Å²) in [6, 6.07) is 13.0. The third-order valence-corrected chi connectivity index (χ3v) is 3.19. The van der Waals surface area contributed by atoms with Crippen molar-refractivity contribution in [2.45, 2.75) is 6.04 Å². The summed E-state index contributed by atoms with van der Waals surface area (Å²) in [5.74, 6) is -0.348. The Kier molecular flexibility index (Phi) is 4.48. The maximum absolute atomic E-state index is 11.5. The van der Waals surface area contributed by atoms with Crippen LogP contribution in [-0.4, -0.2) is 18.2 Å². The van der Waals surface area contributed by atoms with Crippen LogP contribution in [-0.2, 0) is 4.79 Å². The molecule has 2 N–H and O–H groups in total. The van der Waals surface area contributed by atoms with Gasteiger partial charge in [0.05, 0.1) is 7.11 Å². The van der Waals surface area contributed by atoms with Crippen LogP contribution in [0.3, 0.4) is 0 Å². The first-order chi connectivity index (χ1) is 9.61. The van der Waals surface area contributed by atoms with Crippen LogP contribution in [0.5, 0.6) is 5.75 Å². The SMILES string of the molecule is COc1cccc(NC(C(=O)O)c2ccccc2Cl)c1. The van der Waals surface area contributed by atoms with E-state index in [1.165, 1.54) is 0 Å². The summed E-state index contributed by atoms with van der Waals surface area (Å²) in [7, 11) is 1.56. The summed E-state index contributed by atoms with van der Waals surface area (Å²) in [6.45, 7) is 0. The molecule has 0 radical (unpaired) electrons. The van der Waals surface area contributed by atoms with E-state index in [0.29, 0.717) is 22.0 Å². The Balaban J connectivity index is 2.31. The van der Waals surface area contributed by atoms with Crippen LogP contribution >= 0.6 is 11.6 Å². The minimum atomic E-state index is -0.999. The second kappa shape index (κ2) is 6.30. The van der Waals surface area contributed by atoms with Crippen molar-refractivity contribution in [2.24, 2.45) is 0 Å². The van der Waals surface area contributed by atoms with Crippen LogP contribution in [0, 0.1) is 0 Å². The lowest BCUT2D eigenvalue weighted by Gasteiger charge is -2.17. The molecule has 2 rings (SSSR count). The topological polar surface area (TPSA) is 58.6 Å². The predicted molar refractivity (Wildman–Crippen MR) is 78.4 cm³/mol. The molecule has 0 bridgehead atoms. The smallest absolute Gasteiger partial charge is 0.330 e. The Morgan fingerprint density at radius 2 is 2.00 bits per heavy atom. The van der Waals surface area contributed by atoms with Crippen molar-refractivity contribution in [3.63, 3.8) is 0 Å². The monoisotopic (exact) mass is 291 g/mol. The molecule has 0 fully saturated rings. The number of anilines is 1. The molecular formula is C15H14ClNO3. The number of carboxylic acid groups (broad SMARTS) is 1. The van der Waals surface area contributed by atoms with Gasteiger partial charge in [0.1, 0.15) is 5.75 Å². The van der Waals surface area contributed by atoms with E-state index in [1.807, 2.05) is 0 Å². The van der Waals surface area contributed by atoms with E-state index in [-0.39, 0.29) is 0 Å². The zero-order chi connectivity index (χ0) is 14.5. The van der Waals surface area contributed by atoms with Gasteiger partial charge in [0.15, 0.2) is 6.04 Å². The van der Waals surface area contributed by atoms with E-state index >= 15 is 0 Å². The summed E-state index contributed by atoms with van der Waals surface area (Å²) in [4.78, 5) is 11.5. The van der Waals surface area contributed by atoms with Gasteiger partial charge in [0.25, 0.3) is 0 Å². The van der Waals surface area contributed by atoms with Gasteiger partial charge in [-0.3, -0.25) is 0 Å². The summed E-state index contributed by atoms with van der Waals surface area (Å²) >= 11 is 6.06. The fourth-order valence-corrected chi connectivity index (χ4v) is 2.11. The number of carbonyl (C=O) groups is 1. The van der Waals surface area contributed by atoms with Crippen molar-refractivity contribution in [3.8, 4) is 5.75 Å². The minimum absolute atomic E-state index is 0.412. The Bertz CT molecular complexity index is 616. The third-order valence-electron chi connectivity index (χ3n) is 2.84. The molecule has 0 spiro atoms. The van der Waals surface area contributed by atoms with Gasteiger partial charge >= 0.3 is 5.97 Å². The van der Waals surface area contributed by atoms with Gasteiger partial charge < -0.3 is 15.2 Å². The Hall–Kier alpha value is -2.20. The average molecular weight is 292 g/mol. The van der Waals surface area contributed by atoms with E-state index in [2.05, 4.69) is 5.32 Å². The molecule has 0 amide bonds. The van der Waals surface area contributed by atoms with Crippen molar-refractivity contribution in [2.75, 3.05) is 12.4 Å². The standard InChI is InChI=1S/C15H14ClNO3/c1-20-11-6-4-5-10(9-11)17-14(15(18)19)12-7-2-3-8-13(12)16/h2-9,14,17H,1H3,(H,18,19). The maximum Gasteiger partial charge on any atom is 0.330 e. The van der Waals surface area contributed by atoms with Crippen LogP contribution in [0.4, 0.5) is 5.69 Å². The third kappa shape index (κ3) is 3.22. The summed E-state index contributed by atoms with van der Waals surface area (Å²) in [5.41, 5.74) is 1.17. The number of ether oxygens (including phenoxy) is 1. The molecule has 0 aromatic heterocycles. The molecule has 2 aromatic carbocycles. The molecular weight excluding hydrogens is 278 g/mol. The largest absolute Gasteiger partial charge is 0.497 e. The first-order valence-corrected chi connectivity index (χ1v) is 6.37. The molecule has 0 saturated carbocycles. The van der Waals surface area contributed by atoms with Crippen molar-refractivity contribution < 1.29 is 14.6 Å². The Labute approximate surface area is 122 Å². The molecule has 0 heterocycles.